The standard InChI is InChI=1S/C33H35N3O4/c1-5-18-40-28-16-12-23(13-17-28)26-20-34-30(35-21-26)24-8-6-22(7-9-24)19-29(32(38)39)36-31(37)25-10-14-27(15-11-25)33(2,3)4/h6-17,20-21,29H,5,18-19H2,1-4H3,(H,36,37)(H,38,39)/t29-/m0/s1. The van der Waals surface area contributed by atoms with Crippen LogP contribution in [-0.2, 0) is 16.6 Å². The van der Waals surface area contributed by atoms with Gasteiger partial charge in [-0.3, -0.25) is 4.79 Å². The average Bonchev–Trinajstić information content (AvgIpc) is 2.96. The number of hydrogen-bond acceptors (Lipinski definition) is 5. The molecule has 40 heavy (non-hydrogen) atoms. The minimum absolute atomic E-state index is 0.0340. The van der Waals surface area contributed by atoms with Gasteiger partial charge in [-0.25, -0.2) is 14.8 Å². The molecule has 0 bridgehead atoms. The van der Waals surface area contributed by atoms with Gasteiger partial charge in [-0.05, 0) is 52.8 Å². The number of rotatable bonds is 10. The summed E-state index contributed by atoms with van der Waals surface area (Å²) in [4.78, 5) is 33.7. The van der Waals surface area contributed by atoms with Crippen LogP contribution in [0.2, 0.25) is 0 Å². The molecule has 0 aliphatic rings. The Labute approximate surface area is 235 Å². The van der Waals surface area contributed by atoms with Crippen molar-refractivity contribution in [2.45, 2.75) is 52.0 Å². The second-order valence-corrected chi connectivity index (χ2v) is 10.8. The quantitative estimate of drug-likeness (QED) is 0.245. The molecular weight excluding hydrogens is 502 g/mol. The Morgan fingerprint density at radius 1 is 0.850 bits per heavy atom. The zero-order valence-electron chi connectivity index (χ0n) is 23.3. The molecule has 7 nitrogen and oxygen atoms in total. The Bertz CT molecular complexity index is 1420. The number of carboxylic acid groups (broad SMARTS) is 1. The number of aromatic nitrogens is 2. The van der Waals surface area contributed by atoms with E-state index in [1.165, 1.54) is 0 Å². The Balaban J connectivity index is 1.39. The van der Waals surface area contributed by atoms with Gasteiger partial charge in [0, 0.05) is 35.5 Å². The first-order valence-electron chi connectivity index (χ1n) is 13.4. The molecule has 1 atom stereocenters. The normalized spacial score (nSPS) is 12.0. The lowest BCUT2D eigenvalue weighted by atomic mass is 9.86. The molecule has 3 aromatic carbocycles. The van der Waals surface area contributed by atoms with E-state index in [1.807, 2.05) is 60.7 Å². The van der Waals surface area contributed by atoms with Crippen molar-refractivity contribution in [1.29, 1.82) is 0 Å². The van der Waals surface area contributed by atoms with E-state index >= 15 is 0 Å². The molecular formula is C33H35N3O4. The van der Waals surface area contributed by atoms with E-state index in [4.69, 9.17) is 4.74 Å². The molecule has 0 aliphatic carbocycles. The third-order valence-corrected chi connectivity index (χ3v) is 6.58. The number of carboxylic acids is 1. The average molecular weight is 538 g/mol. The number of benzene rings is 3. The number of ether oxygens (including phenoxy) is 1. The molecule has 4 aromatic rings. The summed E-state index contributed by atoms with van der Waals surface area (Å²) >= 11 is 0. The van der Waals surface area contributed by atoms with E-state index in [9.17, 15) is 14.7 Å². The lowest BCUT2D eigenvalue weighted by Crippen LogP contribution is -2.42. The van der Waals surface area contributed by atoms with Crippen molar-refractivity contribution < 1.29 is 19.4 Å². The van der Waals surface area contributed by atoms with Gasteiger partial charge in [0.15, 0.2) is 5.82 Å². The van der Waals surface area contributed by atoms with Crippen molar-refractivity contribution in [3.05, 3.63) is 102 Å². The molecule has 1 aromatic heterocycles. The first-order valence-corrected chi connectivity index (χ1v) is 13.4. The lowest BCUT2D eigenvalue weighted by Gasteiger charge is -2.19. The maximum Gasteiger partial charge on any atom is 0.326 e. The summed E-state index contributed by atoms with van der Waals surface area (Å²) in [6.07, 6.45) is 4.67. The van der Waals surface area contributed by atoms with Gasteiger partial charge in [0.2, 0.25) is 0 Å². The Morgan fingerprint density at radius 3 is 2.00 bits per heavy atom. The molecule has 0 aliphatic heterocycles. The third-order valence-electron chi connectivity index (χ3n) is 6.58. The summed E-state index contributed by atoms with van der Waals surface area (Å²) in [5, 5.41) is 12.4. The first-order chi connectivity index (χ1) is 19.1. The molecule has 1 heterocycles. The Kier molecular flexibility index (Phi) is 8.94. The topological polar surface area (TPSA) is 101 Å². The maximum atomic E-state index is 12.7. The monoisotopic (exact) mass is 537 g/mol. The summed E-state index contributed by atoms with van der Waals surface area (Å²) < 4.78 is 5.64. The predicted molar refractivity (Wildman–Crippen MR) is 156 cm³/mol. The van der Waals surface area contributed by atoms with Crippen LogP contribution in [0.5, 0.6) is 5.75 Å². The summed E-state index contributed by atoms with van der Waals surface area (Å²) in [7, 11) is 0. The highest BCUT2D eigenvalue weighted by atomic mass is 16.5. The van der Waals surface area contributed by atoms with E-state index in [2.05, 4.69) is 43.0 Å². The number of hydrogen-bond donors (Lipinski definition) is 2. The largest absolute Gasteiger partial charge is 0.494 e. The zero-order chi connectivity index (χ0) is 28.7. The van der Waals surface area contributed by atoms with Crippen LogP contribution in [0.3, 0.4) is 0 Å². The summed E-state index contributed by atoms with van der Waals surface area (Å²) in [5.74, 6) is -0.101. The SMILES string of the molecule is CCCOc1ccc(-c2cnc(-c3ccc(C[C@H](NC(=O)c4ccc(C(C)(C)C)cc4)C(=O)O)cc3)nc2)cc1. The molecule has 0 saturated heterocycles. The van der Waals surface area contributed by atoms with Crippen molar-refractivity contribution in [3.63, 3.8) is 0 Å². The van der Waals surface area contributed by atoms with Crippen LogP contribution >= 0.6 is 0 Å². The number of amides is 1. The van der Waals surface area contributed by atoms with Gasteiger partial charge in [0.25, 0.3) is 5.91 Å². The third kappa shape index (κ3) is 7.32. The highest BCUT2D eigenvalue weighted by Gasteiger charge is 2.22. The lowest BCUT2D eigenvalue weighted by molar-refractivity contribution is -0.139. The molecule has 0 spiro atoms. The number of carbonyl (C=O) groups excluding carboxylic acids is 1. The van der Waals surface area contributed by atoms with Gasteiger partial charge in [-0.1, -0.05) is 76.2 Å². The fourth-order valence-corrected chi connectivity index (χ4v) is 4.18. The van der Waals surface area contributed by atoms with E-state index in [0.29, 0.717) is 18.0 Å². The molecule has 7 heteroatoms. The van der Waals surface area contributed by atoms with Gasteiger partial charge >= 0.3 is 5.97 Å². The van der Waals surface area contributed by atoms with E-state index in [0.717, 1.165) is 40.0 Å². The van der Waals surface area contributed by atoms with E-state index in [1.54, 1.807) is 24.5 Å². The number of carbonyl (C=O) groups is 2. The van der Waals surface area contributed by atoms with Crippen LogP contribution in [0.1, 0.15) is 55.6 Å². The zero-order valence-corrected chi connectivity index (χ0v) is 23.3. The first kappa shape index (κ1) is 28.5. The fraction of sp³-hybridized carbons (Fsp3) is 0.273. The van der Waals surface area contributed by atoms with Crippen LogP contribution < -0.4 is 10.1 Å². The van der Waals surface area contributed by atoms with Crippen LogP contribution in [0.25, 0.3) is 22.5 Å². The predicted octanol–water partition coefficient (Wildman–Crippen LogP) is 6.32. The van der Waals surface area contributed by atoms with E-state index < -0.39 is 17.9 Å². The van der Waals surface area contributed by atoms with Crippen molar-refractivity contribution in [2.24, 2.45) is 0 Å². The highest BCUT2D eigenvalue weighted by Crippen LogP contribution is 2.24. The van der Waals surface area contributed by atoms with Gasteiger partial charge in [0.1, 0.15) is 11.8 Å². The summed E-state index contributed by atoms with van der Waals surface area (Å²) in [6, 6.07) is 21.4. The Morgan fingerprint density at radius 2 is 1.45 bits per heavy atom. The molecule has 1 amide bonds. The van der Waals surface area contributed by atoms with Crippen molar-refractivity contribution in [2.75, 3.05) is 6.61 Å². The second kappa shape index (κ2) is 12.6. The van der Waals surface area contributed by atoms with Crippen molar-refractivity contribution in [1.82, 2.24) is 15.3 Å². The summed E-state index contributed by atoms with van der Waals surface area (Å²) in [6.45, 7) is 9.05. The van der Waals surface area contributed by atoms with Gasteiger partial charge in [0.05, 0.1) is 6.61 Å². The summed E-state index contributed by atoms with van der Waals surface area (Å²) in [5.41, 5.74) is 4.98. The van der Waals surface area contributed by atoms with Crippen LogP contribution in [0, 0.1) is 0 Å². The van der Waals surface area contributed by atoms with Gasteiger partial charge in [-0.2, -0.15) is 0 Å². The minimum Gasteiger partial charge on any atom is -0.494 e. The van der Waals surface area contributed by atoms with Gasteiger partial charge < -0.3 is 15.2 Å². The number of nitrogens with zero attached hydrogens (tertiary/aromatic N) is 2. The van der Waals surface area contributed by atoms with Crippen molar-refractivity contribution in [3.8, 4) is 28.3 Å². The number of nitrogens with one attached hydrogen (secondary N) is 1. The highest BCUT2D eigenvalue weighted by molar-refractivity contribution is 5.96. The molecule has 2 N–H and O–H groups in total. The second-order valence-electron chi connectivity index (χ2n) is 10.8. The smallest absolute Gasteiger partial charge is 0.326 e. The molecule has 4 rings (SSSR count). The Hall–Kier alpha value is -4.52. The molecule has 0 unspecified atom stereocenters. The van der Waals surface area contributed by atoms with Gasteiger partial charge in [-0.15, -0.1) is 0 Å². The molecule has 0 saturated carbocycles. The number of aliphatic carboxylic acids is 1. The molecule has 0 fully saturated rings. The molecule has 206 valence electrons. The van der Waals surface area contributed by atoms with E-state index in [-0.39, 0.29) is 11.8 Å². The van der Waals surface area contributed by atoms with Crippen LogP contribution in [-0.4, -0.2) is 39.6 Å². The van der Waals surface area contributed by atoms with Crippen molar-refractivity contribution >= 4 is 11.9 Å². The van der Waals surface area contributed by atoms with Crippen LogP contribution in [0.4, 0.5) is 0 Å². The van der Waals surface area contributed by atoms with Crippen LogP contribution in [0.15, 0.2) is 85.2 Å². The maximum absolute atomic E-state index is 12.7. The molecule has 0 radical (unpaired) electrons. The fourth-order valence-electron chi connectivity index (χ4n) is 4.18. The minimum atomic E-state index is -1.09.